The minimum atomic E-state index is -0.442. The van der Waals surface area contributed by atoms with Gasteiger partial charge in [0.2, 0.25) is 0 Å². The van der Waals surface area contributed by atoms with E-state index in [4.69, 9.17) is 16.3 Å². The van der Waals surface area contributed by atoms with Crippen molar-refractivity contribution in [2.45, 2.75) is 6.17 Å². The molecule has 4 rings (SSSR count). The number of carbonyl (C=O) groups is 1. The van der Waals surface area contributed by atoms with E-state index in [9.17, 15) is 4.79 Å². The Bertz CT molecular complexity index is 958. The highest BCUT2D eigenvalue weighted by atomic mass is 35.5. The Balaban J connectivity index is 1.79. The molecule has 0 spiro atoms. The van der Waals surface area contributed by atoms with Crippen LogP contribution in [0.4, 0.5) is 5.69 Å². The first-order valence-electron chi connectivity index (χ1n) is 7.46. The average molecular weight is 340 g/mol. The van der Waals surface area contributed by atoms with Gasteiger partial charge in [-0.2, -0.15) is 0 Å². The summed E-state index contributed by atoms with van der Waals surface area (Å²) in [6.45, 7) is 0. The van der Waals surface area contributed by atoms with E-state index in [1.165, 1.54) is 0 Å². The van der Waals surface area contributed by atoms with Gasteiger partial charge in [-0.05, 0) is 36.4 Å². The maximum absolute atomic E-state index is 12.3. The second kappa shape index (κ2) is 5.69. The number of fused-ring (bicyclic) bond motifs is 2. The van der Waals surface area contributed by atoms with Gasteiger partial charge in [-0.15, -0.1) is 0 Å². The molecule has 1 amide bonds. The van der Waals surface area contributed by atoms with Crippen LogP contribution < -0.4 is 15.4 Å². The summed E-state index contributed by atoms with van der Waals surface area (Å²) in [4.78, 5) is 16.7. The first kappa shape index (κ1) is 14.8. The first-order valence-corrected chi connectivity index (χ1v) is 7.84. The highest BCUT2D eigenvalue weighted by Gasteiger charge is 2.26. The lowest BCUT2D eigenvalue weighted by Gasteiger charge is -2.28. The highest BCUT2D eigenvalue weighted by molar-refractivity contribution is 6.30. The predicted molar refractivity (Wildman–Crippen MR) is 93.6 cm³/mol. The molecule has 120 valence electrons. The smallest absolute Gasteiger partial charge is 0.255 e. The number of aromatic nitrogens is 1. The van der Waals surface area contributed by atoms with Crippen molar-refractivity contribution in [2.75, 3.05) is 12.4 Å². The summed E-state index contributed by atoms with van der Waals surface area (Å²) in [6.07, 6.45) is -0.442. The number of nitrogens with one attached hydrogen (secondary N) is 2. The Morgan fingerprint density at radius 2 is 1.96 bits per heavy atom. The molecule has 0 radical (unpaired) electrons. The number of hydrogen-bond donors (Lipinski definition) is 2. The van der Waals surface area contributed by atoms with Gasteiger partial charge in [0.25, 0.3) is 5.91 Å². The van der Waals surface area contributed by atoms with E-state index in [2.05, 4.69) is 15.6 Å². The zero-order valence-corrected chi connectivity index (χ0v) is 13.6. The van der Waals surface area contributed by atoms with E-state index in [0.717, 1.165) is 22.3 Å². The van der Waals surface area contributed by atoms with Crippen molar-refractivity contribution in [3.63, 3.8) is 0 Å². The van der Waals surface area contributed by atoms with E-state index in [-0.39, 0.29) is 5.91 Å². The number of ether oxygens (including phenoxy) is 1. The zero-order valence-electron chi connectivity index (χ0n) is 12.8. The van der Waals surface area contributed by atoms with Crippen LogP contribution in [0.1, 0.15) is 22.1 Å². The second-order valence-electron chi connectivity index (χ2n) is 5.52. The van der Waals surface area contributed by atoms with Crippen LogP contribution in [0.3, 0.4) is 0 Å². The monoisotopic (exact) mass is 339 g/mol. The van der Waals surface area contributed by atoms with Crippen LogP contribution in [-0.2, 0) is 0 Å². The van der Waals surface area contributed by atoms with E-state index < -0.39 is 6.17 Å². The zero-order chi connectivity index (χ0) is 16.7. The van der Waals surface area contributed by atoms with Crippen molar-refractivity contribution in [1.29, 1.82) is 0 Å². The molecule has 1 aliphatic rings. The van der Waals surface area contributed by atoms with E-state index in [0.29, 0.717) is 16.3 Å². The minimum absolute atomic E-state index is 0.142. The molecule has 0 saturated carbocycles. The van der Waals surface area contributed by atoms with Gasteiger partial charge in [-0.3, -0.25) is 4.79 Å². The molecule has 2 heterocycles. The lowest BCUT2D eigenvalue weighted by atomic mass is 10.1. The molecule has 0 fully saturated rings. The number of nitrogens with zero attached hydrogens (tertiary/aromatic N) is 1. The van der Waals surface area contributed by atoms with Gasteiger partial charge in [0.05, 0.1) is 18.2 Å². The number of pyridine rings is 1. The van der Waals surface area contributed by atoms with Crippen LogP contribution in [0.25, 0.3) is 10.9 Å². The predicted octanol–water partition coefficient (Wildman–Crippen LogP) is 3.75. The summed E-state index contributed by atoms with van der Waals surface area (Å²) in [5, 5.41) is 7.45. The largest absolute Gasteiger partial charge is 0.497 e. The second-order valence-corrected chi connectivity index (χ2v) is 5.88. The molecule has 2 N–H and O–H groups in total. The van der Waals surface area contributed by atoms with Crippen LogP contribution in [-0.4, -0.2) is 18.0 Å². The Labute approximate surface area is 143 Å². The topological polar surface area (TPSA) is 63.2 Å². The average Bonchev–Trinajstić information content (AvgIpc) is 2.60. The number of benzene rings is 2. The maximum Gasteiger partial charge on any atom is 0.255 e. The molecule has 0 unspecified atom stereocenters. The quantitative estimate of drug-likeness (QED) is 0.698. The number of para-hydroxylation sites is 1. The van der Waals surface area contributed by atoms with Crippen LogP contribution in [0.5, 0.6) is 5.75 Å². The number of methoxy groups -OCH3 is 1. The van der Waals surface area contributed by atoms with Crippen molar-refractivity contribution < 1.29 is 9.53 Å². The Hall–Kier alpha value is -2.79. The van der Waals surface area contributed by atoms with Gasteiger partial charge in [0.15, 0.2) is 0 Å². The fourth-order valence-corrected chi connectivity index (χ4v) is 3.09. The molecule has 6 heteroatoms. The molecule has 3 aromatic rings. The number of halogens is 1. The molecule has 0 aliphatic carbocycles. The third-order valence-corrected chi connectivity index (χ3v) is 4.36. The number of carbonyl (C=O) groups excluding carboxylic acids is 1. The lowest BCUT2D eigenvalue weighted by molar-refractivity contribution is 0.0935. The molecule has 0 bridgehead atoms. The summed E-state index contributed by atoms with van der Waals surface area (Å²) in [7, 11) is 1.62. The van der Waals surface area contributed by atoms with E-state index in [1.807, 2.05) is 42.5 Å². The third-order valence-electron chi connectivity index (χ3n) is 4.06. The Morgan fingerprint density at radius 1 is 1.12 bits per heavy atom. The Kier molecular flexibility index (Phi) is 3.50. The van der Waals surface area contributed by atoms with E-state index >= 15 is 0 Å². The van der Waals surface area contributed by atoms with E-state index in [1.54, 1.807) is 13.2 Å². The van der Waals surface area contributed by atoms with Crippen LogP contribution in [0, 0.1) is 0 Å². The molecule has 0 saturated heterocycles. The number of hydrogen-bond acceptors (Lipinski definition) is 4. The number of rotatable bonds is 2. The van der Waals surface area contributed by atoms with Crippen molar-refractivity contribution in [3.05, 3.63) is 64.8 Å². The maximum atomic E-state index is 12.3. The molecule has 5 nitrogen and oxygen atoms in total. The number of amides is 1. The van der Waals surface area contributed by atoms with Gasteiger partial charge in [0, 0.05) is 16.6 Å². The lowest BCUT2D eigenvalue weighted by Crippen LogP contribution is -2.38. The van der Waals surface area contributed by atoms with Crippen molar-refractivity contribution in [3.8, 4) is 5.75 Å². The van der Waals surface area contributed by atoms with Crippen molar-refractivity contribution in [2.24, 2.45) is 0 Å². The molecular weight excluding hydrogens is 326 g/mol. The van der Waals surface area contributed by atoms with Crippen molar-refractivity contribution in [1.82, 2.24) is 10.3 Å². The van der Waals surface area contributed by atoms with Gasteiger partial charge in [-0.1, -0.05) is 23.7 Å². The van der Waals surface area contributed by atoms with Crippen LogP contribution in [0.15, 0.2) is 48.5 Å². The fourth-order valence-electron chi connectivity index (χ4n) is 2.84. The summed E-state index contributed by atoms with van der Waals surface area (Å²) in [6, 6.07) is 14.9. The standard InChI is InChI=1S/C18H14ClN3O2/c1-24-11-6-7-14-10(8-11)9-13(16(19)20-14)17-21-15-5-3-2-4-12(15)18(23)22-17/h2-9,17,21H,1H3,(H,22,23)/t17-/m0/s1. The van der Waals surface area contributed by atoms with Gasteiger partial charge in [-0.25, -0.2) is 4.98 Å². The molecule has 1 atom stereocenters. The molecule has 2 aromatic carbocycles. The summed E-state index contributed by atoms with van der Waals surface area (Å²) >= 11 is 6.35. The Morgan fingerprint density at radius 3 is 2.79 bits per heavy atom. The molecular formula is C18H14ClN3O2. The molecule has 1 aromatic heterocycles. The van der Waals surface area contributed by atoms with Crippen molar-refractivity contribution >= 4 is 34.1 Å². The number of anilines is 1. The van der Waals surface area contributed by atoms with Crippen LogP contribution in [0.2, 0.25) is 5.15 Å². The van der Waals surface area contributed by atoms with Gasteiger partial charge < -0.3 is 15.4 Å². The normalized spacial score (nSPS) is 16.2. The minimum Gasteiger partial charge on any atom is -0.497 e. The van der Waals surface area contributed by atoms with Crippen LogP contribution >= 0.6 is 11.6 Å². The first-order chi connectivity index (χ1) is 11.7. The van der Waals surface area contributed by atoms with Gasteiger partial charge >= 0.3 is 0 Å². The van der Waals surface area contributed by atoms with Gasteiger partial charge in [0.1, 0.15) is 17.1 Å². The fraction of sp³-hybridized carbons (Fsp3) is 0.111. The summed E-state index contributed by atoms with van der Waals surface area (Å²) in [5.74, 6) is 0.597. The summed E-state index contributed by atoms with van der Waals surface area (Å²) in [5.41, 5.74) is 2.86. The molecule has 24 heavy (non-hydrogen) atoms. The highest BCUT2D eigenvalue weighted by Crippen LogP contribution is 2.32. The summed E-state index contributed by atoms with van der Waals surface area (Å²) < 4.78 is 5.26. The molecule has 1 aliphatic heterocycles. The third kappa shape index (κ3) is 2.43. The SMILES string of the molecule is COc1ccc2nc(Cl)c([C@@H]3NC(=O)c4ccccc4N3)cc2c1.